The molecule has 3 aromatic carbocycles. The molecule has 31 heavy (non-hydrogen) atoms. The summed E-state index contributed by atoms with van der Waals surface area (Å²) in [6.07, 6.45) is 1.75. The number of carbonyl (C=O) groups is 1. The molecule has 3 aromatic rings. The van der Waals surface area contributed by atoms with Crippen molar-refractivity contribution in [2.75, 3.05) is 18.5 Å². The van der Waals surface area contributed by atoms with Crippen LogP contribution in [0.4, 0.5) is 11.4 Å². The number of nitrogens with one attached hydrogen (secondary N) is 1. The van der Waals surface area contributed by atoms with Crippen molar-refractivity contribution in [3.63, 3.8) is 0 Å². The Morgan fingerprint density at radius 3 is 2.61 bits per heavy atom. The number of carbonyl (C=O) groups excluding carboxylic acids is 1. The van der Waals surface area contributed by atoms with Gasteiger partial charge in [-0.3, -0.25) is 9.79 Å². The molecule has 0 aromatic heterocycles. The maximum atomic E-state index is 12.3. The predicted molar refractivity (Wildman–Crippen MR) is 129 cm³/mol. The van der Waals surface area contributed by atoms with Gasteiger partial charge in [-0.2, -0.15) is 0 Å². The number of hydrogen-bond acceptors (Lipinski definition) is 4. The van der Waals surface area contributed by atoms with Crippen molar-refractivity contribution in [2.45, 2.75) is 13.8 Å². The van der Waals surface area contributed by atoms with Crippen molar-refractivity contribution in [1.29, 1.82) is 0 Å². The Balaban J connectivity index is 1.71. The second-order valence-corrected chi connectivity index (χ2v) is 7.92. The summed E-state index contributed by atoms with van der Waals surface area (Å²) in [4.78, 5) is 16.8. The lowest BCUT2D eigenvalue weighted by Crippen LogP contribution is -2.20. The minimum Gasteiger partial charge on any atom is -0.490 e. The third-order valence-corrected chi connectivity index (χ3v) is 5.25. The van der Waals surface area contributed by atoms with Gasteiger partial charge in [0.15, 0.2) is 18.1 Å². The molecule has 0 heterocycles. The number of nitrogens with zero attached hydrogens (tertiary/aromatic N) is 1. The summed E-state index contributed by atoms with van der Waals surface area (Å²) in [7, 11) is 0. The highest BCUT2D eigenvalue weighted by Crippen LogP contribution is 2.36. The molecule has 160 valence electrons. The molecular formula is C24H22BrClN2O3. The molecule has 0 spiro atoms. The van der Waals surface area contributed by atoms with E-state index in [0.717, 1.165) is 16.8 Å². The van der Waals surface area contributed by atoms with Crippen LogP contribution >= 0.6 is 27.5 Å². The third-order valence-electron chi connectivity index (χ3n) is 4.25. The Morgan fingerprint density at radius 1 is 1.13 bits per heavy atom. The number of aryl methyl sites for hydroxylation is 1. The number of halogens is 2. The molecule has 0 saturated heterocycles. The van der Waals surface area contributed by atoms with Crippen LogP contribution in [0.25, 0.3) is 0 Å². The average molecular weight is 502 g/mol. The van der Waals surface area contributed by atoms with Crippen LogP contribution in [0.15, 0.2) is 70.1 Å². The fraction of sp³-hybridized carbons (Fsp3) is 0.167. The van der Waals surface area contributed by atoms with Crippen molar-refractivity contribution < 1.29 is 14.3 Å². The largest absolute Gasteiger partial charge is 0.490 e. The fourth-order valence-electron chi connectivity index (χ4n) is 2.73. The Labute approximate surface area is 195 Å². The number of benzene rings is 3. The van der Waals surface area contributed by atoms with E-state index in [9.17, 15) is 4.79 Å². The van der Waals surface area contributed by atoms with Gasteiger partial charge in [-0.05, 0) is 77.3 Å². The Hall–Kier alpha value is -2.83. The van der Waals surface area contributed by atoms with E-state index in [2.05, 4.69) is 26.2 Å². The quantitative estimate of drug-likeness (QED) is 0.355. The number of anilines is 1. The van der Waals surface area contributed by atoms with Gasteiger partial charge in [-0.25, -0.2) is 0 Å². The van der Waals surface area contributed by atoms with Gasteiger partial charge in [-0.15, -0.1) is 0 Å². The molecule has 0 aliphatic heterocycles. The summed E-state index contributed by atoms with van der Waals surface area (Å²) >= 11 is 9.62. The lowest BCUT2D eigenvalue weighted by molar-refractivity contribution is -0.118. The smallest absolute Gasteiger partial charge is 0.262 e. The predicted octanol–water partition coefficient (Wildman–Crippen LogP) is 6.58. The van der Waals surface area contributed by atoms with Gasteiger partial charge in [-0.1, -0.05) is 35.9 Å². The highest BCUT2D eigenvalue weighted by molar-refractivity contribution is 9.10. The van der Waals surface area contributed by atoms with E-state index in [4.69, 9.17) is 21.1 Å². The van der Waals surface area contributed by atoms with Crippen molar-refractivity contribution in [3.8, 4) is 11.5 Å². The van der Waals surface area contributed by atoms with Crippen molar-refractivity contribution in [3.05, 3.63) is 81.3 Å². The number of hydrogen-bond donors (Lipinski definition) is 1. The maximum absolute atomic E-state index is 12.3. The van der Waals surface area contributed by atoms with Gasteiger partial charge < -0.3 is 14.8 Å². The summed E-state index contributed by atoms with van der Waals surface area (Å²) in [5.74, 6) is 0.678. The monoisotopic (exact) mass is 500 g/mol. The zero-order valence-electron chi connectivity index (χ0n) is 17.2. The van der Waals surface area contributed by atoms with E-state index in [1.54, 1.807) is 18.3 Å². The Kier molecular flexibility index (Phi) is 8.09. The SMILES string of the molecule is CCOc1cc(C=Nc2ccccc2)cc(Br)c1OCC(=O)Nc1ccc(C)c(Cl)c1. The standard InChI is InChI=1S/C24H22BrClN2O3/c1-3-30-22-12-17(14-27-18-7-5-4-6-8-18)11-20(25)24(22)31-15-23(29)28-19-10-9-16(2)21(26)13-19/h4-14H,3,15H2,1-2H3,(H,28,29). The number of ether oxygens (including phenoxy) is 2. The number of amides is 1. The van der Waals surface area contributed by atoms with Crippen molar-refractivity contribution in [2.24, 2.45) is 4.99 Å². The molecule has 0 bridgehead atoms. The van der Waals surface area contributed by atoms with E-state index >= 15 is 0 Å². The van der Waals surface area contributed by atoms with Crippen molar-refractivity contribution in [1.82, 2.24) is 0 Å². The Bertz CT molecular complexity index is 1090. The van der Waals surface area contributed by atoms with E-state index in [0.29, 0.717) is 33.3 Å². The van der Waals surface area contributed by atoms with E-state index < -0.39 is 0 Å². The summed E-state index contributed by atoms with van der Waals surface area (Å²) < 4.78 is 12.2. The van der Waals surface area contributed by atoms with Gasteiger partial charge in [0.2, 0.25) is 0 Å². The van der Waals surface area contributed by atoms with Crippen molar-refractivity contribution >= 4 is 51.0 Å². The minimum absolute atomic E-state index is 0.179. The highest BCUT2D eigenvalue weighted by atomic mass is 79.9. The maximum Gasteiger partial charge on any atom is 0.262 e. The van der Waals surface area contributed by atoms with Crippen LogP contribution in [0.1, 0.15) is 18.1 Å². The molecule has 3 rings (SSSR count). The lowest BCUT2D eigenvalue weighted by Gasteiger charge is -2.14. The molecule has 7 heteroatoms. The molecule has 0 fully saturated rings. The van der Waals surface area contributed by atoms with Gasteiger partial charge in [0.05, 0.1) is 16.8 Å². The van der Waals surface area contributed by atoms with Crippen LogP contribution in [0.5, 0.6) is 11.5 Å². The van der Waals surface area contributed by atoms with Crippen LogP contribution in [0, 0.1) is 6.92 Å². The Morgan fingerprint density at radius 2 is 1.90 bits per heavy atom. The van der Waals surface area contributed by atoms with E-state index in [-0.39, 0.29) is 12.5 Å². The van der Waals surface area contributed by atoms with Gasteiger partial charge in [0, 0.05) is 16.9 Å². The first-order chi connectivity index (χ1) is 15.0. The van der Waals surface area contributed by atoms with Gasteiger partial charge in [0.25, 0.3) is 5.91 Å². The zero-order valence-corrected chi connectivity index (χ0v) is 19.5. The molecule has 1 N–H and O–H groups in total. The van der Waals surface area contributed by atoms with Crippen LogP contribution in [-0.2, 0) is 4.79 Å². The molecule has 5 nitrogen and oxygen atoms in total. The molecule has 0 aliphatic rings. The molecule has 0 radical (unpaired) electrons. The average Bonchev–Trinajstić information content (AvgIpc) is 2.75. The zero-order chi connectivity index (χ0) is 22.2. The minimum atomic E-state index is -0.302. The third kappa shape index (κ3) is 6.57. The van der Waals surface area contributed by atoms with Crippen LogP contribution in [0.2, 0.25) is 5.02 Å². The summed E-state index contributed by atoms with van der Waals surface area (Å²) in [6, 6.07) is 18.7. The normalized spacial score (nSPS) is 10.8. The summed E-state index contributed by atoms with van der Waals surface area (Å²) in [6.45, 7) is 4.06. The molecular weight excluding hydrogens is 480 g/mol. The first-order valence-corrected chi connectivity index (χ1v) is 10.9. The summed E-state index contributed by atoms with van der Waals surface area (Å²) in [5.41, 5.74) is 3.24. The summed E-state index contributed by atoms with van der Waals surface area (Å²) in [5, 5.41) is 3.37. The first-order valence-electron chi connectivity index (χ1n) is 9.70. The lowest BCUT2D eigenvalue weighted by atomic mass is 10.2. The van der Waals surface area contributed by atoms with Gasteiger partial charge >= 0.3 is 0 Å². The number of rotatable bonds is 8. The van der Waals surface area contributed by atoms with Crippen LogP contribution in [0.3, 0.4) is 0 Å². The molecule has 0 saturated carbocycles. The van der Waals surface area contributed by atoms with Crippen LogP contribution < -0.4 is 14.8 Å². The molecule has 0 unspecified atom stereocenters. The van der Waals surface area contributed by atoms with Gasteiger partial charge in [0.1, 0.15) is 0 Å². The molecule has 0 atom stereocenters. The molecule has 1 amide bonds. The second kappa shape index (κ2) is 11.0. The fourth-order valence-corrected chi connectivity index (χ4v) is 3.49. The van der Waals surface area contributed by atoms with E-state index in [1.165, 1.54) is 0 Å². The highest BCUT2D eigenvalue weighted by Gasteiger charge is 2.14. The molecule has 0 aliphatic carbocycles. The topological polar surface area (TPSA) is 59.9 Å². The van der Waals surface area contributed by atoms with E-state index in [1.807, 2.05) is 62.4 Å². The second-order valence-electron chi connectivity index (χ2n) is 6.66. The first kappa shape index (κ1) is 22.8. The number of aliphatic imine (C=N–C) groups is 1. The van der Waals surface area contributed by atoms with Crippen LogP contribution in [-0.4, -0.2) is 25.3 Å². The number of para-hydroxylation sites is 1.